The fraction of sp³-hybridized carbons (Fsp3) is 0.316. The molecule has 0 fully saturated rings. The summed E-state index contributed by atoms with van der Waals surface area (Å²) in [5.41, 5.74) is 4.03. The summed E-state index contributed by atoms with van der Waals surface area (Å²) in [6.07, 6.45) is 5.50. The highest BCUT2D eigenvalue weighted by Crippen LogP contribution is 2.43. The number of halogens is 1. The molecule has 0 spiro atoms. The molecule has 0 radical (unpaired) electrons. The number of hydrogen-bond donors (Lipinski definition) is 2. The zero-order chi connectivity index (χ0) is 19.4. The molecule has 0 unspecified atom stereocenters. The van der Waals surface area contributed by atoms with Gasteiger partial charge in [0.05, 0.1) is 27.7 Å². The Balaban J connectivity index is 1.54. The van der Waals surface area contributed by atoms with E-state index in [2.05, 4.69) is 15.3 Å². The number of carbonyl (C=O) groups is 1. The maximum absolute atomic E-state index is 11.4. The van der Waals surface area contributed by atoms with Crippen molar-refractivity contribution in [3.63, 3.8) is 0 Å². The largest absolute Gasteiger partial charge is 0.481 e. The van der Waals surface area contributed by atoms with Gasteiger partial charge in [0.25, 0.3) is 0 Å². The van der Waals surface area contributed by atoms with Gasteiger partial charge in [-0.15, -0.1) is 11.3 Å². The average Bonchev–Trinajstić information content (AvgIpc) is 3.28. The maximum Gasteiger partial charge on any atom is 0.306 e. The number of aliphatic imine (C=N–C) groups is 1. The van der Waals surface area contributed by atoms with E-state index in [0.717, 1.165) is 38.9 Å². The minimum absolute atomic E-state index is 0.301. The first kappa shape index (κ1) is 17.5. The van der Waals surface area contributed by atoms with Crippen molar-refractivity contribution in [3.8, 4) is 0 Å². The molecular weight excluding hydrogens is 398 g/mol. The van der Waals surface area contributed by atoms with Gasteiger partial charge in [-0.1, -0.05) is 11.6 Å². The van der Waals surface area contributed by atoms with Gasteiger partial charge in [-0.25, -0.2) is 9.51 Å². The summed E-state index contributed by atoms with van der Waals surface area (Å²) in [5.74, 6) is -0.214. The van der Waals surface area contributed by atoms with Crippen LogP contribution in [-0.2, 0) is 17.6 Å². The highest BCUT2D eigenvalue weighted by Gasteiger charge is 2.33. The lowest BCUT2D eigenvalue weighted by atomic mass is 9.87. The van der Waals surface area contributed by atoms with Crippen LogP contribution >= 0.6 is 22.9 Å². The van der Waals surface area contributed by atoms with Crippen LogP contribution in [-0.4, -0.2) is 40.2 Å². The molecule has 1 aliphatic heterocycles. The van der Waals surface area contributed by atoms with E-state index in [4.69, 9.17) is 16.6 Å². The molecule has 9 heteroatoms. The third-order valence-electron chi connectivity index (χ3n) is 5.36. The van der Waals surface area contributed by atoms with E-state index in [1.165, 1.54) is 5.56 Å². The van der Waals surface area contributed by atoms with Crippen molar-refractivity contribution in [1.82, 2.24) is 9.61 Å². The molecule has 0 saturated heterocycles. The van der Waals surface area contributed by atoms with Gasteiger partial charge in [0.1, 0.15) is 17.5 Å². The number of nitrogens with one attached hydrogen (secondary N) is 1. The Labute approximate surface area is 170 Å². The van der Waals surface area contributed by atoms with Crippen molar-refractivity contribution in [2.75, 3.05) is 23.9 Å². The lowest BCUT2D eigenvalue weighted by Gasteiger charge is -2.25. The van der Waals surface area contributed by atoms with Crippen LogP contribution < -0.4 is 10.2 Å². The second-order valence-corrected chi connectivity index (χ2v) is 8.66. The number of carboxylic acids is 1. The number of aliphatic carboxylic acids is 1. The number of nitrogens with zero attached hydrogens (tertiary/aromatic N) is 4. The van der Waals surface area contributed by atoms with Crippen LogP contribution in [0.4, 0.5) is 10.7 Å². The van der Waals surface area contributed by atoms with E-state index in [0.29, 0.717) is 24.5 Å². The summed E-state index contributed by atoms with van der Waals surface area (Å²) in [7, 11) is 2.01. The predicted molar refractivity (Wildman–Crippen MR) is 111 cm³/mol. The fourth-order valence-electron chi connectivity index (χ4n) is 3.88. The standard InChI is InChI=1S/C19H18ClN5O2S/c1-24-9-21-17(23-14-7-11-4-5-22-25(11)8-13(14)20)16-12-3-2-10(19(26)27)6-15(12)28-18(16)24/h4-5,7-8,10H,2-3,6,9H2,1H3,(H,21,23)(H,26,27)/t10-/m0/s1. The van der Waals surface area contributed by atoms with Gasteiger partial charge in [-0.3, -0.25) is 4.79 Å². The number of hydrogen-bond acceptors (Lipinski definition) is 6. The van der Waals surface area contributed by atoms with Crippen molar-refractivity contribution in [1.29, 1.82) is 0 Å². The predicted octanol–water partition coefficient (Wildman–Crippen LogP) is 3.50. The molecule has 0 aromatic carbocycles. The zero-order valence-electron chi connectivity index (χ0n) is 15.1. The minimum atomic E-state index is -0.710. The molecular formula is C19H18ClN5O2S. The van der Waals surface area contributed by atoms with E-state index < -0.39 is 5.97 Å². The van der Waals surface area contributed by atoms with Crippen molar-refractivity contribution >= 4 is 50.9 Å². The first-order valence-corrected chi connectivity index (χ1v) is 10.2. The summed E-state index contributed by atoms with van der Waals surface area (Å²) < 4.78 is 1.73. The SMILES string of the molecule is CN1CN=C(Nc2cc3ccnn3cc2Cl)c2c1sc1c2CC[C@H](C(=O)O)C1. The van der Waals surface area contributed by atoms with E-state index in [1.54, 1.807) is 28.2 Å². The lowest BCUT2D eigenvalue weighted by molar-refractivity contribution is -0.142. The number of fused-ring (bicyclic) bond motifs is 4. The third kappa shape index (κ3) is 2.75. The Morgan fingerprint density at radius 3 is 3.14 bits per heavy atom. The van der Waals surface area contributed by atoms with Crippen LogP contribution in [0.1, 0.15) is 22.4 Å². The molecule has 7 nitrogen and oxygen atoms in total. The lowest BCUT2D eigenvalue weighted by Crippen LogP contribution is -2.29. The number of amidine groups is 1. The van der Waals surface area contributed by atoms with Gasteiger partial charge in [0.2, 0.25) is 0 Å². The molecule has 28 heavy (non-hydrogen) atoms. The van der Waals surface area contributed by atoms with Crippen LogP contribution in [0.5, 0.6) is 0 Å². The Morgan fingerprint density at radius 1 is 1.46 bits per heavy atom. The molecule has 0 amide bonds. The summed E-state index contributed by atoms with van der Waals surface area (Å²) in [5, 5.41) is 18.7. The normalized spacial score (nSPS) is 18.6. The highest BCUT2D eigenvalue weighted by atomic mass is 35.5. The topological polar surface area (TPSA) is 82.2 Å². The Bertz CT molecular complexity index is 1130. The van der Waals surface area contributed by atoms with Gasteiger partial charge in [-0.2, -0.15) is 5.10 Å². The van der Waals surface area contributed by atoms with Crippen LogP contribution in [0.25, 0.3) is 5.52 Å². The molecule has 1 atom stereocenters. The number of aromatic nitrogens is 2. The third-order valence-corrected chi connectivity index (χ3v) is 7.03. The fourth-order valence-corrected chi connectivity index (χ4v) is 5.46. The van der Waals surface area contributed by atoms with E-state index >= 15 is 0 Å². The summed E-state index contributed by atoms with van der Waals surface area (Å²) >= 11 is 8.14. The van der Waals surface area contributed by atoms with E-state index in [-0.39, 0.29) is 5.92 Å². The summed E-state index contributed by atoms with van der Waals surface area (Å²) in [6, 6.07) is 3.87. The quantitative estimate of drug-likeness (QED) is 0.669. The second kappa shape index (κ2) is 6.49. The summed E-state index contributed by atoms with van der Waals surface area (Å²) in [6.45, 7) is 0.545. The molecule has 4 heterocycles. The Morgan fingerprint density at radius 2 is 2.32 bits per heavy atom. The smallest absolute Gasteiger partial charge is 0.306 e. The van der Waals surface area contributed by atoms with Gasteiger partial charge in [0.15, 0.2) is 0 Å². The van der Waals surface area contributed by atoms with Crippen molar-refractivity contribution in [2.24, 2.45) is 10.9 Å². The highest BCUT2D eigenvalue weighted by molar-refractivity contribution is 7.16. The molecule has 144 valence electrons. The molecule has 3 aromatic heterocycles. The van der Waals surface area contributed by atoms with Gasteiger partial charge in [0, 0.05) is 24.3 Å². The first-order valence-electron chi connectivity index (χ1n) is 9.04. The molecule has 0 saturated carbocycles. The van der Waals surface area contributed by atoms with Crippen molar-refractivity contribution < 1.29 is 9.90 Å². The van der Waals surface area contributed by atoms with E-state index in [9.17, 15) is 9.90 Å². The van der Waals surface area contributed by atoms with Crippen LogP contribution in [0.3, 0.4) is 0 Å². The zero-order valence-corrected chi connectivity index (χ0v) is 16.7. The number of rotatable bonds is 2. The molecule has 5 rings (SSSR count). The van der Waals surface area contributed by atoms with Crippen LogP contribution in [0, 0.1) is 5.92 Å². The molecule has 0 bridgehead atoms. The van der Waals surface area contributed by atoms with Crippen molar-refractivity contribution in [3.05, 3.63) is 45.6 Å². The van der Waals surface area contributed by atoms with Crippen LogP contribution in [0.2, 0.25) is 5.02 Å². The number of thiophene rings is 1. The molecule has 1 aliphatic carbocycles. The Hall–Kier alpha value is -2.58. The van der Waals surface area contributed by atoms with E-state index in [1.807, 2.05) is 19.2 Å². The number of anilines is 2. The molecule has 3 aromatic rings. The van der Waals surface area contributed by atoms with Gasteiger partial charge >= 0.3 is 5.97 Å². The monoisotopic (exact) mass is 415 g/mol. The maximum atomic E-state index is 11.4. The number of pyridine rings is 1. The Kier molecular flexibility index (Phi) is 4.06. The number of carboxylic acid groups (broad SMARTS) is 1. The average molecular weight is 416 g/mol. The first-order chi connectivity index (χ1) is 13.5. The van der Waals surface area contributed by atoms with Gasteiger partial charge < -0.3 is 15.3 Å². The van der Waals surface area contributed by atoms with Crippen LogP contribution in [0.15, 0.2) is 29.5 Å². The minimum Gasteiger partial charge on any atom is -0.481 e. The van der Waals surface area contributed by atoms with Crippen molar-refractivity contribution in [2.45, 2.75) is 19.3 Å². The molecule has 2 N–H and O–H groups in total. The van der Waals surface area contributed by atoms with Gasteiger partial charge in [-0.05, 0) is 37.0 Å². The molecule has 2 aliphatic rings. The summed E-state index contributed by atoms with van der Waals surface area (Å²) in [4.78, 5) is 19.4. The second-order valence-electron chi connectivity index (χ2n) is 7.17.